The molecule has 7 heteroatoms. The molecule has 2 aliphatic rings. The Morgan fingerprint density at radius 1 is 1.24 bits per heavy atom. The van der Waals surface area contributed by atoms with Crippen molar-refractivity contribution in [3.8, 4) is 5.75 Å². The number of H-pyrrole nitrogens is 1. The topological polar surface area (TPSA) is 61.5 Å². The fourth-order valence-corrected chi connectivity index (χ4v) is 4.34. The minimum absolute atomic E-state index is 0.0552. The van der Waals surface area contributed by atoms with Crippen molar-refractivity contribution in [2.45, 2.75) is 38.1 Å². The Kier molecular flexibility index (Phi) is 6.13. The summed E-state index contributed by atoms with van der Waals surface area (Å²) in [7, 11) is 2.11. The molecule has 156 valence electrons. The first-order valence-electron chi connectivity index (χ1n) is 10.5. The maximum absolute atomic E-state index is 13.6. The van der Waals surface area contributed by atoms with Gasteiger partial charge in [-0.15, -0.1) is 0 Å². The Morgan fingerprint density at radius 3 is 2.83 bits per heavy atom. The number of rotatable bonds is 6. The number of aromatic nitrogens is 2. The number of nitrogens with zero attached hydrogens (tertiary/aromatic N) is 3. The summed E-state index contributed by atoms with van der Waals surface area (Å²) in [6, 6.07) is 8.49. The average Bonchev–Trinajstić information content (AvgIpc) is 3.39. The zero-order chi connectivity index (χ0) is 20.2. The minimum atomic E-state index is -0.355. The second-order valence-corrected chi connectivity index (χ2v) is 8.11. The number of carbonyl (C=O) groups excluding carboxylic acids is 1. The number of nitrogens with one attached hydrogen (secondary N) is 1. The van der Waals surface area contributed by atoms with Crippen LogP contribution >= 0.6 is 0 Å². The van der Waals surface area contributed by atoms with Gasteiger partial charge in [0.05, 0.1) is 18.3 Å². The molecule has 1 aromatic carbocycles. The van der Waals surface area contributed by atoms with E-state index in [1.54, 1.807) is 18.2 Å². The number of hydrogen-bond acceptors (Lipinski definition) is 4. The first kappa shape index (κ1) is 19.9. The molecule has 1 aromatic heterocycles. The average molecular weight is 400 g/mol. The van der Waals surface area contributed by atoms with E-state index in [2.05, 4.69) is 22.1 Å². The highest BCUT2D eigenvalue weighted by Crippen LogP contribution is 2.34. The van der Waals surface area contributed by atoms with Crippen LogP contribution in [0.5, 0.6) is 5.75 Å². The summed E-state index contributed by atoms with van der Waals surface area (Å²) in [6.45, 7) is 3.16. The van der Waals surface area contributed by atoms with Gasteiger partial charge in [-0.3, -0.25) is 9.89 Å². The van der Waals surface area contributed by atoms with Crippen molar-refractivity contribution in [2.24, 2.45) is 5.92 Å². The number of aromatic amines is 1. The SMILES string of the molecule is CN1CCC(C(=O)N2CCCC2c2cc(CCOc3ccccc3F)[nH]n2)CC1. The number of piperidine rings is 1. The van der Waals surface area contributed by atoms with Crippen molar-refractivity contribution < 1.29 is 13.9 Å². The molecule has 3 heterocycles. The van der Waals surface area contributed by atoms with Crippen LogP contribution < -0.4 is 4.74 Å². The van der Waals surface area contributed by atoms with Gasteiger partial charge in [-0.25, -0.2) is 4.39 Å². The Labute approximate surface area is 171 Å². The summed E-state index contributed by atoms with van der Waals surface area (Å²) in [4.78, 5) is 17.4. The predicted octanol–water partition coefficient (Wildman–Crippen LogP) is 3.18. The quantitative estimate of drug-likeness (QED) is 0.809. The van der Waals surface area contributed by atoms with Gasteiger partial charge >= 0.3 is 0 Å². The van der Waals surface area contributed by atoms with Gasteiger partial charge in [0.1, 0.15) is 0 Å². The molecule has 2 aromatic rings. The minimum Gasteiger partial charge on any atom is -0.490 e. The van der Waals surface area contributed by atoms with Gasteiger partial charge in [-0.2, -0.15) is 5.10 Å². The fraction of sp³-hybridized carbons (Fsp3) is 0.545. The molecule has 1 amide bonds. The lowest BCUT2D eigenvalue weighted by Gasteiger charge is -2.33. The molecule has 1 atom stereocenters. The van der Waals surface area contributed by atoms with Crippen molar-refractivity contribution in [3.05, 3.63) is 47.5 Å². The number of likely N-dealkylation sites (tertiary alicyclic amines) is 2. The molecular weight excluding hydrogens is 371 g/mol. The lowest BCUT2D eigenvalue weighted by Crippen LogP contribution is -2.41. The fourth-order valence-electron chi connectivity index (χ4n) is 4.34. The summed E-state index contributed by atoms with van der Waals surface area (Å²) >= 11 is 0. The monoisotopic (exact) mass is 400 g/mol. The van der Waals surface area contributed by atoms with E-state index in [-0.39, 0.29) is 29.4 Å². The lowest BCUT2D eigenvalue weighted by atomic mass is 9.95. The third-order valence-electron chi connectivity index (χ3n) is 6.06. The lowest BCUT2D eigenvalue weighted by molar-refractivity contribution is -0.138. The predicted molar refractivity (Wildman–Crippen MR) is 108 cm³/mol. The third kappa shape index (κ3) is 4.61. The van der Waals surface area contributed by atoms with Crippen molar-refractivity contribution >= 4 is 5.91 Å². The summed E-state index contributed by atoms with van der Waals surface area (Å²) in [5, 5.41) is 7.53. The van der Waals surface area contributed by atoms with Crippen molar-refractivity contribution in [1.82, 2.24) is 20.0 Å². The molecule has 2 fully saturated rings. The van der Waals surface area contributed by atoms with Gasteiger partial charge < -0.3 is 14.5 Å². The summed E-state index contributed by atoms with van der Waals surface area (Å²) in [6.07, 6.45) is 4.46. The van der Waals surface area contributed by atoms with Crippen molar-refractivity contribution in [2.75, 3.05) is 33.3 Å². The number of ether oxygens (including phenoxy) is 1. The molecule has 2 saturated heterocycles. The zero-order valence-corrected chi connectivity index (χ0v) is 16.9. The number of carbonyl (C=O) groups is 1. The second-order valence-electron chi connectivity index (χ2n) is 8.11. The normalized spacial score (nSPS) is 20.9. The summed E-state index contributed by atoms with van der Waals surface area (Å²) in [5.74, 6) is 0.331. The molecule has 0 saturated carbocycles. The summed E-state index contributed by atoms with van der Waals surface area (Å²) in [5.41, 5.74) is 1.86. The zero-order valence-electron chi connectivity index (χ0n) is 16.9. The number of benzene rings is 1. The first-order valence-corrected chi connectivity index (χ1v) is 10.5. The van der Waals surface area contributed by atoms with E-state index in [0.29, 0.717) is 13.0 Å². The van der Waals surface area contributed by atoms with Gasteiger partial charge in [-0.1, -0.05) is 12.1 Å². The maximum atomic E-state index is 13.6. The van der Waals surface area contributed by atoms with Crippen LogP contribution in [0.2, 0.25) is 0 Å². The highest BCUT2D eigenvalue weighted by molar-refractivity contribution is 5.79. The maximum Gasteiger partial charge on any atom is 0.226 e. The Morgan fingerprint density at radius 2 is 2.03 bits per heavy atom. The number of hydrogen-bond donors (Lipinski definition) is 1. The number of amides is 1. The molecule has 1 unspecified atom stereocenters. The molecular formula is C22H29FN4O2. The second kappa shape index (κ2) is 8.95. The molecule has 0 bridgehead atoms. The van der Waals surface area contributed by atoms with Gasteiger partial charge in [0.25, 0.3) is 0 Å². The van der Waals surface area contributed by atoms with E-state index in [0.717, 1.165) is 56.7 Å². The van der Waals surface area contributed by atoms with E-state index >= 15 is 0 Å². The molecule has 0 radical (unpaired) electrons. The third-order valence-corrected chi connectivity index (χ3v) is 6.06. The van der Waals surface area contributed by atoms with E-state index in [1.165, 1.54) is 6.07 Å². The van der Waals surface area contributed by atoms with Crippen LogP contribution in [0.15, 0.2) is 30.3 Å². The summed E-state index contributed by atoms with van der Waals surface area (Å²) < 4.78 is 19.2. The highest BCUT2D eigenvalue weighted by Gasteiger charge is 2.36. The van der Waals surface area contributed by atoms with Crippen LogP contribution in [0.4, 0.5) is 4.39 Å². The molecule has 29 heavy (non-hydrogen) atoms. The highest BCUT2D eigenvalue weighted by atomic mass is 19.1. The molecule has 4 rings (SSSR count). The Bertz CT molecular complexity index is 832. The van der Waals surface area contributed by atoms with Crippen molar-refractivity contribution in [3.63, 3.8) is 0 Å². The molecule has 2 aliphatic heterocycles. The Balaban J connectivity index is 1.34. The Hall–Kier alpha value is -2.41. The smallest absolute Gasteiger partial charge is 0.226 e. The van der Waals surface area contributed by atoms with Gasteiger partial charge in [-0.05, 0) is 64.0 Å². The first-order chi connectivity index (χ1) is 14.1. The van der Waals surface area contributed by atoms with Gasteiger partial charge in [0, 0.05) is 24.6 Å². The molecule has 6 nitrogen and oxygen atoms in total. The molecule has 0 aliphatic carbocycles. The molecule has 1 N–H and O–H groups in total. The van der Waals surface area contributed by atoms with Crippen LogP contribution in [0.25, 0.3) is 0 Å². The van der Waals surface area contributed by atoms with E-state index < -0.39 is 0 Å². The van der Waals surface area contributed by atoms with E-state index in [4.69, 9.17) is 4.74 Å². The van der Waals surface area contributed by atoms with E-state index in [9.17, 15) is 9.18 Å². The standard InChI is InChI=1S/C22H29FN4O2/c1-26-12-8-16(9-13-26)22(28)27-11-4-6-20(27)19-15-17(24-25-19)10-14-29-21-7-3-2-5-18(21)23/h2-3,5,7,15-16,20H,4,6,8-14H2,1H3,(H,24,25). The number of para-hydroxylation sites is 1. The van der Waals surface area contributed by atoms with Gasteiger partial charge in [0.2, 0.25) is 5.91 Å². The van der Waals surface area contributed by atoms with Crippen LogP contribution in [0.3, 0.4) is 0 Å². The van der Waals surface area contributed by atoms with E-state index in [1.807, 2.05) is 11.0 Å². The van der Waals surface area contributed by atoms with Crippen molar-refractivity contribution in [1.29, 1.82) is 0 Å². The van der Waals surface area contributed by atoms with Crippen LogP contribution in [0.1, 0.15) is 43.1 Å². The van der Waals surface area contributed by atoms with Crippen LogP contribution in [-0.2, 0) is 11.2 Å². The van der Waals surface area contributed by atoms with Gasteiger partial charge in [0.15, 0.2) is 11.6 Å². The molecule has 0 spiro atoms. The largest absolute Gasteiger partial charge is 0.490 e. The van der Waals surface area contributed by atoms with Crippen LogP contribution in [-0.4, -0.2) is 59.2 Å². The number of halogens is 1. The van der Waals surface area contributed by atoms with Crippen LogP contribution in [0, 0.1) is 11.7 Å².